The Labute approximate surface area is 93.1 Å². The molecule has 6 heteroatoms. The van der Waals surface area contributed by atoms with Crippen molar-refractivity contribution in [2.24, 2.45) is 0 Å². The molecular formula is C9H15N3O2S. The van der Waals surface area contributed by atoms with Crippen LogP contribution in [0.4, 0.5) is 5.13 Å². The summed E-state index contributed by atoms with van der Waals surface area (Å²) < 4.78 is 4.88. The zero-order valence-corrected chi connectivity index (χ0v) is 10.0. The molecule has 0 aromatic carbocycles. The fraction of sp³-hybridized carbons (Fsp3) is 0.667. The van der Waals surface area contributed by atoms with Crippen LogP contribution in [0.1, 0.15) is 18.9 Å². The molecule has 0 aliphatic rings. The summed E-state index contributed by atoms with van der Waals surface area (Å²) in [5, 5.41) is 9.56. The molecule has 1 heterocycles. The van der Waals surface area contributed by atoms with Crippen molar-refractivity contribution in [1.29, 1.82) is 0 Å². The third-order valence-electron chi connectivity index (χ3n) is 1.79. The first-order valence-corrected chi connectivity index (χ1v) is 5.69. The quantitative estimate of drug-likeness (QED) is 0.711. The van der Waals surface area contributed by atoms with Crippen LogP contribution < -0.4 is 4.90 Å². The summed E-state index contributed by atoms with van der Waals surface area (Å²) >= 11 is 1.48. The Kier molecular flexibility index (Phi) is 4.48. The maximum Gasteiger partial charge on any atom is 0.325 e. The van der Waals surface area contributed by atoms with E-state index in [0.717, 1.165) is 10.1 Å². The molecule has 0 fully saturated rings. The van der Waals surface area contributed by atoms with Gasteiger partial charge in [-0.3, -0.25) is 4.79 Å². The van der Waals surface area contributed by atoms with E-state index in [4.69, 9.17) is 4.74 Å². The van der Waals surface area contributed by atoms with Gasteiger partial charge in [-0.2, -0.15) is 0 Å². The molecule has 0 atom stereocenters. The lowest BCUT2D eigenvalue weighted by Crippen LogP contribution is -2.30. The zero-order valence-electron chi connectivity index (χ0n) is 9.19. The van der Waals surface area contributed by atoms with Gasteiger partial charge in [0.15, 0.2) is 0 Å². The third-order valence-corrected chi connectivity index (χ3v) is 2.69. The fourth-order valence-corrected chi connectivity index (χ4v) is 1.84. The van der Waals surface area contributed by atoms with Crippen LogP contribution in [0.25, 0.3) is 0 Å². The number of rotatable bonds is 5. The van der Waals surface area contributed by atoms with Crippen molar-refractivity contribution in [3.8, 4) is 0 Å². The van der Waals surface area contributed by atoms with Crippen LogP contribution in [-0.4, -0.2) is 35.9 Å². The molecule has 15 heavy (non-hydrogen) atoms. The summed E-state index contributed by atoms with van der Waals surface area (Å²) in [6, 6.07) is 0. The molecule has 5 nitrogen and oxygen atoms in total. The van der Waals surface area contributed by atoms with Gasteiger partial charge >= 0.3 is 5.97 Å². The van der Waals surface area contributed by atoms with E-state index in [1.165, 1.54) is 11.3 Å². The van der Waals surface area contributed by atoms with Crippen molar-refractivity contribution in [1.82, 2.24) is 10.2 Å². The first kappa shape index (κ1) is 11.9. The lowest BCUT2D eigenvalue weighted by atomic mass is 10.5. The molecule has 0 aliphatic carbocycles. The number of likely N-dealkylation sites (N-methyl/N-ethyl adjacent to an activating group) is 1. The van der Waals surface area contributed by atoms with Gasteiger partial charge in [-0.25, -0.2) is 0 Å². The van der Waals surface area contributed by atoms with Crippen molar-refractivity contribution >= 4 is 22.4 Å². The third kappa shape index (κ3) is 3.47. The standard InChI is InChI=1S/C9H15N3O2S/c1-4-12(6-8(13)14-5-2)9-11-10-7(3)15-9/h4-6H2,1-3H3. The highest BCUT2D eigenvalue weighted by molar-refractivity contribution is 7.15. The van der Waals surface area contributed by atoms with E-state index in [1.54, 1.807) is 6.92 Å². The highest BCUT2D eigenvalue weighted by Gasteiger charge is 2.13. The number of nitrogens with zero attached hydrogens (tertiary/aromatic N) is 3. The minimum atomic E-state index is -0.229. The molecule has 0 saturated heterocycles. The first-order chi connectivity index (χ1) is 7.17. The van der Waals surface area contributed by atoms with Gasteiger partial charge in [-0.15, -0.1) is 10.2 Å². The van der Waals surface area contributed by atoms with Crippen LogP contribution in [0, 0.1) is 6.92 Å². The molecule has 1 aromatic rings. The van der Waals surface area contributed by atoms with Crippen LogP contribution >= 0.6 is 11.3 Å². The Morgan fingerprint density at radius 1 is 1.47 bits per heavy atom. The van der Waals surface area contributed by atoms with Gasteiger partial charge in [-0.1, -0.05) is 11.3 Å². The molecule has 84 valence electrons. The monoisotopic (exact) mass is 229 g/mol. The minimum Gasteiger partial charge on any atom is -0.465 e. The number of hydrogen-bond acceptors (Lipinski definition) is 6. The van der Waals surface area contributed by atoms with Crippen LogP contribution in [0.2, 0.25) is 0 Å². The number of carbonyl (C=O) groups excluding carboxylic acids is 1. The largest absolute Gasteiger partial charge is 0.465 e. The average Bonchev–Trinajstić information content (AvgIpc) is 2.61. The highest BCUT2D eigenvalue weighted by Crippen LogP contribution is 2.18. The number of ether oxygens (including phenoxy) is 1. The molecule has 0 spiro atoms. The van der Waals surface area contributed by atoms with Gasteiger partial charge in [0.1, 0.15) is 11.6 Å². The summed E-state index contributed by atoms with van der Waals surface area (Å²) in [6.45, 7) is 7.01. The predicted octanol–water partition coefficient (Wildman–Crippen LogP) is 1.24. The van der Waals surface area contributed by atoms with Crippen molar-refractivity contribution in [3.63, 3.8) is 0 Å². The Morgan fingerprint density at radius 3 is 2.67 bits per heavy atom. The van der Waals surface area contributed by atoms with Gasteiger partial charge in [0.25, 0.3) is 0 Å². The van der Waals surface area contributed by atoms with Gasteiger partial charge in [0, 0.05) is 6.54 Å². The Balaban J connectivity index is 2.60. The van der Waals surface area contributed by atoms with Gasteiger partial charge in [0.2, 0.25) is 5.13 Å². The first-order valence-electron chi connectivity index (χ1n) is 4.88. The second-order valence-corrected chi connectivity index (χ2v) is 4.08. The summed E-state index contributed by atoms with van der Waals surface area (Å²) in [7, 11) is 0. The van der Waals surface area contributed by atoms with Crippen molar-refractivity contribution in [2.75, 3.05) is 24.6 Å². The summed E-state index contributed by atoms with van der Waals surface area (Å²) in [5.74, 6) is -0.229. The minimum absolute atomic E-state index is 0.229. The van der Waals surface area contributed by atoms with E-state index in [9.17, 15) is 4.79 Å². The lowest BCUT2D eigenvalue weighted by molar-refractivity contribution is -0.141. The number of esters is 1. The number of aromatic nitrogens is 2. The second kappa shape index (κ2) is 5.65. The number of carbonyl (C=O) groups is 1. The number of anilines is 1. The average molecular weight is 229 g/mol. The van der Waals surface area contributed by atoms with E-state index < -0.39 is 0 Å². The predicted molar refractivity (Wildman–Crippen MR) is 59.2 cm³/mol. The lowest BCUT2D eigenvalue weighted by Gasteiger charge is -2.17. The second-order valence-electron chi connectivity index (χ2n) is 2.92. The topological polar surface area (TPSA) is 55.3 Å². The van der Waals surface area contributed by atoms with E-state index in [-0.39, 0.29) is 12.5 Å². The van der Waals surface area contributed by atoms with E-state index in [1.807, 2.05) is 18.7 Å². The fourth-order valence-electron chi connectivity index (χ4n) is 1.09. The maximum atomic E-state index is 11.3. The maximum absolute atomic E-state index is 11.3. The normalized spacial score (nSPS) is 10.1. The molecule has 0 saturated carbocycles. The Morgan fingerprint density at radius 2 is 2.20 bits per heavy atom. The molecule has 1 rings (SSSR count). The molecule has 0 amide bonds. The molecule has 0 bridgehead atoms. The molecule has 0 radical (unpaired) electrons. The van der Waals surface area contributed by atoms with Crippen LogP contribution in [0.5, 0.6) is 0 Å². The van der Waals surface area contributed by atoms with Crippen molar-refractivity contribution < 1.29 is 9.53 Å². The van der Waals surface area contributed by atoms with E-state index in [2.05, 4.69) is 10.2 Å². The molecule has 1 aromatic heterocycles. The summed E-state index contributed by atoms with van der Waals surface area (Å²) in [5.41, 5.74) is 0. The van der Waals surface area contributed by atoms with Gasteiger partial charge < -0.3 is 9.64 Å². The molecule has 0 N–H and O–H groups in total. The van der Waals surface area contributed by atoms with Crippen LogP contribution in [0.15, 0.2) is 0 Å². The van der Waals surface area contributed by atoms with Gasteiger partial charge in [0.05, 0.1) is 6.61 Å². The summed E-state index contributed by atoms with van der Waals surface area (Å²) in [6.07, 6.45) is 0. The van der Waals surface area contributed by atoms with Gasteiger partial charge in [-0.05, 0) is 20.8 Å². The zero-order chi connectivity index (χ0) is 11.3. The molecular weight excluding hydrogens is 214 g/mol. The number of aryl methyl sites for hydroxylation is 1. The summed E-state index contributed by atoms with van der Waals surface area (Å²) in [4.78, 5) is 13.1. The smallest absolute Gasteiger partial charge is 0.325 e. The van der Waals surface area contributed by atoms with E-state index in [0.29, 0.717) is 13.2 Å². The van der Waals surface area contributed by atoms with Crippen LogP contribution in [-0.2, 0) is 9.53 Å². The van der Waals surface area contributed by atoms with E-state index >= 15 is 0 Å². The Bertz CT molecular complexity index is 327. The van der Waals surface area contributed by atoms with Crippen LogP contribution in [0.3, 0.4) is 0 Å². The Hall–Kier alpha value is -1.17. The van der Waals surface area contributed by atoms with Crippen molar-refractivity contribution in [3.05, 3.63) is 5.01 Å². The van der Waals surface area contributed by atoms with Crippen molar-refractivity contribution in [2.45, 2.75) is 20.8 Å². The number of hydrogen-bond donors (Lipinski definition) is 0. The highest BCUT2D eigenvalue weighted by atomic mass is 32.1. The molecule has 0 aliphatic heterocycles. The SMILES string of the molecule is CCOC(=O)CN(CC)c1nnc(C)s1. The molecule has 0 unspecified atom stereocenters.